The zero-order valence-electron chi connectivity index (χ0n) is 28.8. The molecule has 4 fully saturated rings. The molecule has 0 heterocycles. The van der Waals surface area contributed by atoms with Gasteiger partial charge in [0.1, 0.15) is 30.5 Å². The summed E-state index contributed by atoms with van der Waals surface area (Å²) in [4.78, 5) is 80.6. The summed E-state index contributed by atoms with van der Waals surface area (Å²) in [5.41, 5.74) is -6.57. The second-order valence-corrected chi connectivity index (χ2v) is 14.8. The molecule has 0 aliphatic heterocycles. The van der Waals surface area contributed by atoms with Crippen LogP contribution >= 0.6 is 0 Å². The molecule has 48 heavy (non-hydrogen) atoms. The highest BCUT2D eigenvalue weighted by Crippen LogP contribution is 2.76. The Morgan fingerprint density at radius 3 is 2.10 bits per heavy atom. The number of esters is 5. The van der Waals surface area contributed by atoms with Crippen molar-refractivity contribution in [3.8, 4) is 0 Å². The number of benzene rings is 1. The van der Waals surface area contributed by atoms with E-state index in [1.54, 1.807) is 32.0 Å². The number of carbonyl (C=O) groups is 6. The van der Waals surface area contributed by atoms with Gasteiger partial charge in [-0.05, 0) is 55.1 Å². The minimum atomic E-state index is -2.36. The molecule has 4 aliphatic carbocycles. The summed E-state index contributed by atoms with van der Waals surface area (Å²) in [7, 11) is 0. The van der Waals surface area contributed by atoms with Gasteiger partial charge in [-0.15, -0.1) is 0 Å². The molecule has 0 amide bonds. The monoisotopic (exact) mass is 670 g/mol. The van der Waals surface area contributed by atoms with Gasteiger partial charge in [0.05, 0.1) is 16.9 Å². The number of ketones is 1. The first-order chi connectivity index (χ1) is 22.4. The first-order valence-electron chi connectivity index (χ1n) is 16.6. The Kier molecular flexibility index (Phi) is 9.07. The fourth-order valence-electron chi connectivity index (χ4n) is 9.66. The molecule has 0 bridgehead atoms. The summed E-state index contributed by atoms with van der Waals surface area (Å²) < 4.78 is 30.3. The lowest BCUT2D eigenvalue weighted by molar-refractivity contribution is -0.232. The Labute approximate surface area is 280 Å². The van der Waals surface area contributed by atoms with E-state index in [9.17, 15) is 29.1 Å². The molecule has 12 heteroatoms. The van der Waals surface area contributed by atoms with Gasteiger partial charge in [0.2, 0.25) is 5.78 Å². The Morgan fingerprint density at radius 2 is 1.54 bits per heavy atom. The lowest BCUT2D eigenvalue weighted by atomic mass is 9.55. The van der Waals surface area contributed by atoms with E-state index in [2.05, 4.69) is 0 Å². The van der Waals surface area contributed by atoms with Crippen LogP contribution in [0.4, 0.5) is 0 Å². The van der Waals surface area contributed by atoms with Gasteiger partial charge in [-0.1, -0.05) is 45.9 Å². The Morgan fingerprint density at radius 1 is 0.896 bits per heavy atom. The highest BCUT2D eigenvalue weighted by atomic mass is 16.6. The number of ether oxygens (including phenoxy) is 5. The number of fused-ring (bicyclic) bond motifs is 4. The number of hydrogen-bond acceptors (Lipinski definition) is 12. The van der Waals surface area contributed by atoms with E-state index in [4.69, 9.17) is 23.7 Å². The molecule has 4 saturated carbocycles. The summed E-state index contributed by atoms with van der Waals surface area (Å²) in [5, 5.41) is 12.8. The van der Waals surface area contributed by atoms with E-state index < -0.39 is 106 Å². The Bertz CT molecular complexity index is 1500. The molecular formula is C36H46O12. The number of hydrogen-bond donors (Lipinski definition) is 1. The molecule has 1 aromatic rings. The molecule has 12 nitrogen and oxygen atoms in total. The fourth-order valence-corrected chi connectivity index (χ4v) is 9.66. The number of aliphatic hydroxyl groups is 1. The van der Waals surface area contributed by atoms with Crippen LogP contribution in [-0.2, 0) is 47.7 Å². The third kappa shape index (κ3) is 5.49. The van der Waals surface area contributed by atoms with Crippen LogP contribution in [0, 0.1) is 40.4 Å². The van der Waals surface area contributed by atoms with Gasteiger partial charge >= 0.3 is 29.8 Å². The maximum absolute atomic E-state index is 15.2. The first kappa shape index (κ1) is 35.5. The lowest BCUT2D eigenvalue weighted by Crippen LogP contribution is -2.66. The van der Waals surface area contributed by atoms with Crippen LogP contribution < -0.4 is 0 Å². The minimum absolute atomic E-state index is 0.0167. The molecule has 0 radical (unpaired) electrons. The van der Waals surface area contributed by atoms with Crippen LogP contribution in [0.2, 0.25) is 0 Å². The van der Waals surface area contributed by atoms with Crippen molar-refractivity contribution in [2.75, 3.05) is 6.61 Å². The van der Waals surface area contributed by atoms with Crippen LogP contribution in [0.3, 0.4) is 0 Å². The van der Waals surface area contributed by atoms with Gasteiger partial charge < -0.3 is 28.8 Å². The van der Waals surface area contributed by atoms with Crippen LogP contribution in [-0.4, -0.2) is 76.9 Å². The molecule has 262 valence electrons. The molecule has 4 aliphatic rings. The SMILES string of the molecule is CCC(=O)O[C@@H]1[C@@H]2[C@@H](OC(=O)c3ccccc3)[C@@]3(COC(C)=O)[C@@H]([C@@H]4[C@H](C[C@H]3OC(C)=O)C4(C)C)[C@](C)(OC(C)=O)C(=O)[C@@]2(O)C[C@@H]1C. The molecule has 0 aromatic heterocycles. The average molecular weight is 671 g/mol. The minimum Gasteiger partial charge on any atom is -0.465 e. The van der Waals surface area contributed by atoms with Gasteiger partial charge in [0.15, 0.2) is 5.60 Å². The maximum atomic E-state index is 15.2. The van der Waals surface area contributed by atoms with Crippen molar-refractivity contribution >= 4 is 35.6 Å². The number of rotatable bonds is 8. The van der Waals surface area contributed by atoms with Crippen molar-refractivity contribution in [1.82, 2.24) is 0 Å². The summed E-state index contributed by atoms with van der Waals surface area (Å²) in [6.45, 7) is 11.7. The smallest absolute Gasteiger partial charge is 0.338 e. The van der Waals surface area contributed by atoms with E-state index in [1.165, 1.54) is 32.9 Å². The zero-order valence-corrected chi connectivity index (χ0v) is 28.8. The zero-order chi connectivity index (χ0) is 35.6. The van der Waals surface area contributed by atoms with Crippen LogP contribution in [0.5, 0.6) is 0 Å². The molecular weight excluding hydrogens is 624 g/mol. The van der Waals surface area contributed by atoms with Gasteiger partial charge in [0, 0.05) is 33.1 Å². The fraction of sp³-hybridized carbons (Fsp3) is 0.667. The van der Waals surface area contributed by atoms with Crippen LogP contribution in [0.1, 0.15) is 85.0 Å². The average Bonchev–Trinajstić information content (AvgIpc) is 3.45. The van der Waals surface area contributed by atoms with Gasteiger partial charge in [-0.2, -0.15) is 0 Å². The van der Waals surface area contributed by atoms with E-state index in [0.717, 1.165) is 6.92 Å². The highest BCUT2D eigenvalue weighted by Gasteiger charge is 2.84. The molecule has 0 spiro atoms. The van der Waals surface area contributed by atoms with Gasteiger partial charge in [-0.3, -0.25) is 24.0 Å². The third-order valence-electron chi connectivity index (χ3n) is 11.5. The van der Waals surface area contributed by atoms with E-state index in [1.807, 2.05) is 13.8 Å². The first-order valence-corrected chi connectivity index (χ1v) is 16.6. The summed E-state index contributed by atoms with van der Waals surface area (Å²) in [5.74, 6) is -8.20. The number of carbonyl (C=O) groups excluding carboxylic acids is 6. The van der Waals surface area contributed by atoms with Crippen molar-refractivity contribution in [3.05, 3.63) is 35.9 Å². The maximum Gasteiger partial charge on any atom is 0.338 e. The Hall–Kier alpha value is -3.80. The van der Waals surface area contributed by atoms with Crippen LogP contribution in [0.25, 0.3) is 0 Å². The standard InChI is InChI=1S/C36H46O12/c1-9-25(40)46-28-18(2)16-36(43)27(28)30(47-31(41)22-13-11-10-12-14-22)35(17-44-19(3)37)24(45-20(4)38)15-23-26(33(23,6)7)29(35)34(8,32(36)42)48-21(5)39/h10-14,18,23-24,26-30,43H,9,15-17H2,1-8H3/t18-,23-,24+,26-,27+,28-,29-,30+,34-,35+,36+/m0/s1. The molecule has 0 unspecified atom stereocenters. The van der Waals surface area contributed by atoms with Crippen molar-refractivity contribution < 1.29 is 57.6 Å². The molecule has 1 aromatic carbocycles. The summed E-state index contributed by atoms with van der Waals surface area (Å²) in [6, 6.07) is 8.07. The summed E-state index contributed by atoms with van der Waals surface area (Å²) in [6.07, 6.45) is -3.88. The Balaban J connectivity index is 1.89. The van der Waals surface area contributed by atoms with E-state index in [0.29, 0.717) is 0 Å². The quantitative estimate of drug-likeness (QED) is 0.316. The van der Waals surface area contributed by atoms with Crippen molar-refractivity contribution in [1.29, 1.82) is 0 Å². The topological polar surface area (TPSA) is 169 Å². The van der Waals surface area contributed by atoms with Gasteiger partial charge in [-0.25, -0.2) is 4.79 Å². The van der Waals surface area contributed by atoms with Crippen molar-refractivity contribution in [2.24, 2.45) is 40.4 Å². The summed E-state index contributed by atoms with van der Waals surface area (Å²) >= 11 is 0. The number of Topliss-reactive ketones (excluding diaryl/α,β-unsaturated/α-hetero) is 1. The largest absolute Gasteiger partial charge is 0.465 e. The van der Waals surface area contributed by atoms with Crippen LogP contribution in [0.15, 0.2) is 30.3 Å². The normalized spacial score (nSPS) is 39.0. The van der Waals surface area contributed by atoms with E-state index >= 15 is 4.79 Å². The predicted molar refractivity (Wildman–Crippen MR) is 167 cm³/mol. The second kappa shape index (κ2) is 12.3. The molecule has 0 saturated heterocycles. The van der Waals surface area contributed by atoms with E-state index in [-0.39, 0.29) is 30.7 Å². The molecule has 5 rings (SSSR count). The molecule has 1 N–H and O–H groups in total. The predicted octanol–water partition coefficient (Wildman–Crippen LogP) is 3.60. The van der Waals surface area contributed by atoms with Crippen molar-refractivity contribution in [2.45, 2.75) is 104 Å². The lowest BCUT2D eigenvalue weighted by Gasteiger charge is -2.55. The second-order valence-electron chi connectivity index (χ2n) is 14.8. The highest BCUT2D eigenvalue weighted by molar-refractivity contribution is 5.98. The van der Waals surface area contributed by atoms with Gasteiger partial charge in [0.25, 0.3) is 0 Å². The molecule has 11 atom stereocenters. The third-order valence-corrected chi connectivity index (χ3v) is 11.5. The van der Waals surface area contributed by atoms with Crippen molar-refractivity contribution in [3.63, 3.8) is 0 Å².